The molecule has 0 heterocycles. The molecule has 1 unspecified atom stereocenters. The highest BCUT2D eigenvalue weighted by Crippen LogP contribution is 2.22. The summed E-state index contributed by atoms with van der Waals surface area (Å²) in [5.41, 5.74) is 1.08. The molecule has 1 aromatic rings. The van der Waals surface area contributed by atoms with E-state index in [2.05, 4.69) is 5.32 Å². The molecule has 1 rings (SSSR count). The van der Waals surface area contributed by atoms with E-state index in [-0.39, 0.29) is 5.38 Å². The quantitative estimate of drug-likeness (QED) is 0.603. The molecule has 1 aromatic carbocycles. The van der Waals surface area contributed by atoms with Crippen LogP contribution < -0.4 is 10.1 Å². The van der Waals surface area contributed by atoms with Gasteiger partial charge in [0.1, 0.15) is 5.75 Å². The molecule has 1 N–H and O–H groups in total. The highest BCUT2D eigenvalue weighted by molar-refractivity contribution is 6.30. The molecular formula is C13H19Cl2NO. The number of nitrogens with one attached hydrogen (secondary N) is 1. The van der Waals surface area contributed by atoms with Gasteiger partial charge in [-0.05, 0) is 44.5 Å². The van der Waals surface area contributed by atoms with E-state index in [0.717, 1.165) is 42.3 Å². The minimum absolute atomic E-state index is 0.248. The largest absolute Gasteiger partial charge is 0.496 e. The highest BCUT2D eigenvalue weighted by atomic mass is 35.5. The van der Waals surface area contributed by atoms with Crippen molar-refractivity contribution in [1.29, 1.82) is 0 Å². The first-order valence-electron chi connectivity index (χ1n) is 5.80. The SMILES string of the molecule is COc1ccc(Cl)cc1CNCCCC(C)Cl. The van der Waals surface area contributed by atoms with Crippen molar-refractivity contribution in [2.45, 2.75) is 31.7 Å². The summed E-state index contributed by atoms with van der Waals surface area (Å²) in [5.74, 6) is 0.868. The van der Waals surface area contributed by atoms with Crippen LogP contribution in [0.15, 0.2) is 18.2 Å². The minimum atomic E-state index is 0.248. The summed E-state index contributed by atoms with van der Waals surface area (Å²) in [5, 5.41) is 4.34. The van der Waals surface area contributed by atoms with Gasteiger partial charge in [-0.15, -0.1) is 11.6 Å². The molecule has 0 radical (unpaired) electrons. The maximum atomic E-state index is 5.95. The summed E-state index contributed by atoms with van der Waals surface area (Å²) in [7, 11) is 1.67. The fraction of sp³-hybridized carbons (Fsp3) is 0.538. The zero-order valence-electron chi connectivity index (χ0n) is 10.3. The third kappa shape index (κ3) is 5.62. The first-order chi connectivity index (χ1) is 8.13. The lowest BCUT2D eigenvalue weighted by Crippen LogP contribution is -2.16. The average molecular weight is 276 g/mol. The molecule has 0 aliphatic carbocycles. The standard InChI is InChI=1S/C13H19Cl2NO/c1-10(14)4-3-7-16-9-11-8-12(15)5-6-13(11)17-2/h5-6,8,10,16H,3-4,7,9H2,1-2H3. The first-order valence-corrected chi connectivity index (χ1v) is 6.62. The molecule has 17 heavy (non-hydrogen) atoms. The lowest BCUT2D eigenvalue weighted by atomic mass is 10.2. The number of methoxy groups -OCH3 is 1. The van der Waals surface area contributed by atoms with Crippen LogP contribution in [0, 0.1) is 0 Å². The zero-order valence-corrected chi connectivity index (χ0v) is 11.8. The summed E-state index contributed by atoms with van der Waals surface area (Å²) in [6.45, 7) is 3.73. The summed E-state index contributed by atoms with van der Waals surface area (Å²) >= 11 is 11.8. The fourth-order valence-corrected chi connectivity index (χ4v) is 1.97. The third-order valence-electron chi connectivity index (χ3n) is 2.51. The van der Waals surface area contributed by atoms with Crippen molar-refractivity contribution in [3.05, 3.63) is 28.8 Å². The Morgan fingerprint density at radius 2 is 2.18 bits per heavy atom. The predicted octanol–water partition coefficient (Wildman–Crippen LogP) is 3.85. The van der Waals surface area contributed by atoms with Crippen LogP contribution in [0.1, 0.15) is 25.3 Å². The van der Waals surface area contributed by atoms with Gasteiger partial charge in [-0.25, -0.2) is 0 Å². The number of halogens is 2. The van der Waals surface area contributed by atoms with Gasteiger partial charge in [-0.3, -0.25) is 0 Å². The van der Waals surface area contributed by atoms with Crippen molar-refractivity contribution in [1.82, 2.24) is 5.32 Å². The van der Waals surface area contributed by atoms with E-state index in [9.17, 15) is 0 Å². The summed E-state index contributed by atoms with van der Waals surface area (Å²) < 4.78 is 5.28. The Morgan fingerprint density at radius 1 is 1.41 bits per heavy atom. The van der Waals surface area contributed by atoms with Crippen LogP contribution in [-0.4, -0.2) is 19.0 Å². The number of alkyl halides is 1. The Bertz CT molecular complexity index is 342. The Kier molecular flexibility index (Phi) is 6.71. The maximum Gasteiger partial charge on any atom is 0.123 e. The van der Waals surface area contributed by atoms with E-state index in [1.807, 2.05) is 25.1 Å². The molecule has 2 nitrogen and oxygen atoms in total. The van der Waals surface area contributed by atoms with Gasteiger partial charge in [-0.1, -0.05) is 11.6 Å². The molecule has 1 atom stereocenters. The number of ether oxygens (including phenoxy) is 1. The first kappa shape index (κ1) is 14.6. The lowest BCUT2D eigenvalue weighted by Gasteiger charge is -2.10. The maximum absolute atomic E-state index is 5.95. The molecule has 0 fully saturated rings. The summed E-state index contributed by atoms with van der Waals surface area (Å²) in [4.78, 5) is 0. The molecule has 0 aromatic heterocycles. The molecule has 0 aliphatic rings. The van der Waals surface area contributed by atoms with Crippen molar-refractivity contribution in [3.63, 3.8) is 0 Å². The van der Waals surface area contributed by atoms with Crippen molar-refractivity contribution in [3.8, 4) is 5.75 Å². The van der Waals surface area contributed by atoms with Gasteiger partial charge in [0, 0.05) is 22.5 Å². The van der Waals surface area contributed by atoms with E-state index in [0.29, 0.717) is 0 Å². The van der Waals surface area contributed by atoms with Gasteiger partial charge in [0.25, 0.3) is 0 Å². The number of rotatable bonds is 7. The van der Waals surface area contributed by atoms with Crippen molar-refractivity contribution < 1.29 is 4.74 Å². The summed E-state index contributed by atoms with van der Waals surface area (Å²) in [6.07, 6.45) is 2.11. The molecule has 0 spiro atoms. The van der Waals surface area contributed by atoms with Gasteiger partial charge in [0.2, 0.25) is 0 Å². The van der Waals surface area contributed by atoms with E-state index in [1.165, 1.54) is 0 Å². The zero-order chi connectivity index (χ0) is 12.7. The van der Waals surface area contributed by atoms with Gasteiger partial charge < -0.3 is 10.1 Å². The van der Waals surface area contributed by atoms with E-state index in [1.54, 1.807) is 7.11 Å². The number of benzene rings is 1. The van der Waals surface area contributed by atoms with Crippen molar-refractivity contribution >= 4 is 23.2 Å². The Balaban J connectivity index is 2.37. The van der Waals surface area contributed by atoms with Gasteiger partial charge >= 0.3 is 0 Å². The van der Waals surface area contributed by atoms with Gasteiger partial charge in [-0.2, -0.15) is 0 Å². The molecule has 0 aliphatic heterocycles. The Hall–Kier alpha value is -0.440. The second-order valence-electron chi connectivity index (χ2n) is 4.06. The van der Waals surface area contributed by atoms with Gasteiger partial charge in [0.15, 0.2) is 0 Å². The molecule has 0 bridgehead atoms. The molecule has 4 heteroatoms. The van der Waals surface area contributed by atoms with Gasteiger partial charge in [0.05, 0.1) is 7.11 Å². The molecule has 0 amide bonds. The smallest absolute Gasteiger partial charge is 0.123 e. The fourth-order valence-electron chi connectivity index (χ4n) is 1.62. The van der Waals surface area contributed by atoms with Crippen LogP contribution in [-0.2, 0) is 6.54 Å². The average Bonchev–Trinajstić information content (AvgIpc) is 2.28. The second kappa shape index (κ2) is 7.80. The topological polar surface area (TPSA) is 21.3 Å². The summed E-state index contributed by atoms with van der Waals surface area (Å²) in [6, 6.07) is 5.65. The number of hydrogen-bond acceptors (Lipinski definition) is 2. The van der Waals surface area contributed by atoms with Crippen molar-refractivity contribution in [2.24, 2.45) is 0 Å². The van der Waals surface area contributed by atoms with Crippen LogP contribution in [0.4, 0.5) is 0 Å². The Morgan fingerprint density at radius 3 is 2.82 bits per heavy atom. The molecule has 0 saturated heterocycles. The van der Waals surface area contributed by atoms with E-state index in [4.69, 9.17) is 27.9 Å². The normalized spacial score (nSPS) is 12.5. The predicted molar refractivity (Wildman–Crippen MR) is 74.3 cm³/mol. The molecular weight excluding hydrogens is 257 g/mol. The molecule has 96 valence electrons. The molecule has 0 saturated carbocycles. The lowest BCUT2D eigenvalue weighted by molar-refractivity contribution is 0.407. The van der Waals surface area contributed by atoms with Crippen LogP contribution in [0.25, 0.3) is 0 Å². The van der Waals surface area contributed by atoms with Crippen LogP contribution in [0.3, 0.4) is 0 Å². The monoisotopic (exact) mass is 275 g/mol. The third-order valence-corrected chi connectivity index (χ3v) is 2.97. The minimum Gasteiger partial charge on any atom is -0.496 e. The van der Waals surface area contributed by atoms with E-state index >= 15 is 0 Å². The second-order valence-corrected chi connectivity index (χ2v) is 5.24. The Labute approximate surface area is 113 Å². The van der Waals surface area contributed by atoms with Crippen LogP contribution >= 0.6 is 23.2 Å². The highest BCUT2D eigenvalue weighted by Gasteiger charge is 2.03. The van der Waals surface area contributed by atoms with E-state index < -0.39 is 0 Å². The van der Waals surface area contributed by atoms with Crippen LogP contribution in [0.2, 0.25) is 5.02 Å². The number of hydrogen-bond donors (Lipinski definition) is 1. The van der Waals surface area contributed by atoms with Crippen LogP contribution in [0.5, 0.6) is 5.75 Å². The van der Waals surface area contributed by atoms with Crippen molar-refractivity contribution in [2.75, 3.05) is 13.7 Å².